The van der Waals surface area contributed by atoms with Crippen LogP contribution < -0.4 is 5.32 Å². The van der Waals surface area contributed by atoms with Crippen LogP contribution in [0.4, 0.5) is 4.79 Å². The number of amides is 2. The Kier molecular flexibility index (Phi) is 8.70. The lowest BCUT2D eigenvalue weighted by atomic mass is 9.74. The fourth-order valence-electron chi connectivity index (χ4n) is 5.20. The molecule has 1 aromatic carbocycles. The average Bonchev–Trinajstić information content (AvgIpc) is 3.24. The minimum absolute atomic E-state index is 0.0540. The molecule has 1 saturated heterocycles. The molecule has 4 rings (SSSR count). The maximum Gasteiger partial charge on any atom is 0.328 e. The van der Waals surface area contributed by atoms with Crippen LogP contribution in [-0.4, -0.2) is 81.2 Å². The van der Waals surface area contributed by atoms with Gasteiger partial charge in [0.2, 0.25) is 0 Å². The first-order valence-corrected chi connectivity index (χ1v) is 11.9. The molecule has 2 aromatic rings. The molecule has 9 heteroatoms. The number of aromatic amines is 1. The van der Waals surface area contributed by atoms with Gasteiger partial charge in [0.05, 0.1) is 0 Å². The Labute approximate surface area is 205 Å². The number of hydrogen-bond acceptors (Lipinski definition) is 4. The minimum Gasteiger partial charge on any atom is -0.478 e. The number of nitrogens with zero attached hydrogens (tertiary/aromatic N) is 2. The summed E-state index contributed by atoms with van der Waals surface area (Å²) in [5.41, 5.74) is 4.07. The lowest BCUT2D eigenvalue weighted by Crippen LogP contribution is -2.57. The lowest BCUT2D eigenvalue weighted by molar-refractivity contribution is -0.134. The summed E-state index contributed by atoms with van der Waals surface area (Å²) in [5, 5.41) is 20.3. The summed E-state index contributed by atoms with van der Waals surface area (Å²) >= 11 is 0. The van der Waals surface area contributed by atoms with Crippen LogP contribution in [-0.2, 0) is 16.0 Å². The topological polar surface area (TPSA) is 126 Å². The number of urea groups is 1. The summed E-state index contributed by atoms with van der Waals surface area (Å²) < 4.78 is 0. The molecule has 3 atom stereocenters. The van der Waals surface area contributed by atoms with Gasteiger partial charge in [0.15, 0.2) is 0 Å². The molecule has 2 aliphatic rings. The lowest BCUT2D eigenvalue weighted by Gasteiger charge is -2.47. The van der Waals surface area contributed by atoms with Gasteiger partial charge in [0, 0.05) is 73.4 Å². The van der Waals surface area contributed by atoms with Gasteiger partial charge < -0.3 is 25.4 Å². The third kappa shape index (κ3) is 6.10. The van der Waals surface area contributed by atoms with Crippen LogP contribution in [0.25, 0.3) is 10.9 Å². The minimum atomic E-state index is -1.26. The van der Waals surface area contributed by atoms with E-state index in [0.717, 1.165) is 39.0 Å². The van der Waals surface area contributed by atoms with E-state index in [1.165, 1.54) is 22.0 Å². The summed E-state index contributed by atoms with van der Waals surface area (Å²) in [6.07, 6.45) is 7.33. The number of hydrogen-bond donors (Lipinski definition) is 4. The monoisotopic (exact) mass is 482 g/mol. The first-order chi connectivity index (χ1) is 16.8. The standard InChI is InChI=1S/C22H30N4O.C4H4O4/c1-4-10-26-14-16(24-22(27)25(5-2)6-3)12-18-17-8-7-9-19-21(17)15(13-23-19)11-20(18)26;5-3(6)1-2-4(7)8/h4,7-9,13,16,18,20,23H,1,5-6,10-12,14H2,2-3H3,(H,24,27);1-2H,(H,5,6)(H,7,8)/b;2-1-/t16-,18?,20+;/m0./s1. The van der Waals surface area contributed by atoms with Gasteiger partial charge in [-0.25, -0.2) is 14.4 Å². The molecule has 1 aromatic heterocycles. The maximum absolute atomic E-state index is 12.6. The normalized spacial score (nSPS) is 21.0. The number of rotatable bonds is 7. The van der Waals surface area contributed by atoms with Crippen molar-refractivity contribution in [1.29, 1.82) is 0 Å². The predicted octanol–water partition coefficient (Wildman–Crippen LogP) is 3.20. The highest BCUT2D eigenvalue weighted by Crippen LogP contribution is 2.43. The number of carbonyl (C=O) groups is 3. The number of nitrogens with one attached hydrogen (secondary N) is 2. The molecule has 2 heterocycles. The fourth-order valence-corrected chi connectivity index (χ4v) is 5.20. The number of carbonyl (C=O) groups excluding carboxylic acids is 1. The van der Waals surface area contributed by atoms with E-state index in [4.69, 9.17) is 10.2 Å². The van der Waals surface area contributed by atoms with Crippen molar-refractivity contribution in [3.05, 3.63) is 60.3 Å². The number of aliphatic carboxylic acids is 2. The zero-order chi connectivity index (χ0) is 25.5. The van der Waals surface area contributed by atoms with Gasteiger partial charge in [0.1, 0.15) is 0 Å². The average molecular weight is 483 g/mol. The van der Waals surface area contributed by atoms with Crippen molar-refractivity contribution in [2.75, 3.05) is 26.2 Å². The van der Waals surface area contributed by atoms with Crippen molar-refractivity contribution in [3.63, 3.8) is 0 Å². The molecule has 35 heavy (non-hydrogen) atoms. The number of aromatic nitrogens is 1. The van der Waals surface area contributed by atoms with Gasteiger partial charge in [-0.05, 0) is 43.9 Å². The van der Waals surface area contributed by atoms with E-state index >= 15 is 0 Å². The van der Waals surface area contributed by atoms with E-state index in [9.17, 15) is 14.4 Å². The second-order valence-corrected chi connectivity index (χ2v) is 8.77. The number of fused-ring (bicyclic) bond motifs is 2. The molecule has 1 unspecified atom stereocenters. The number of carboxylic acids is 2. The smallest absolute Gasteiger partial charge is 0.328 e. The van der Waals surface area contributed by atoms with Crippen LogP contribution in [0.5, 0.6) is 0 Å². The van der Waals surface area contributed by atoms with E-state index in [2.05, 4.69) is 46.2 Å². The SMILES string of the molecule is C=CCN1C[C@@H](NC(=O)N(CC)CC)CC2c3cccc4[nH]cc(c34)C[C@H]21.O=C(O)/C=C\C(=O)O. The van der Waals surface area contributed by atoms with Crippen molar-refractivity contribution in [1.82, 2.24) is 20.1 Å². The van der Waals surface area contributed by atoms with Gasteiger partial charge in [-0.1, -0.05) is 18.2 Å². The first kappa shape index (κ1) is 26.0. The third-order valence-electron chi connectivity index (χ3n) is 6.69. The quantitative estimate of drug-likeness (QED) is 0.355. The van der Waals surface area contributed by atoms with Crippen molar-refractivity contribution in [2.24, 2.45) is 0 Å². The number of likely N-dealkylation sites (tertiary alicyclic amines) is 1. The number of carboxylic acid groups (broad SMARTS) is 2. The van der Waals surface area contributed by atoms with E-state index in [1.54, 1.807) is 0 Å². The van der Waals surface area contributed by atoms with Crippen molar-refractivity contribution in [3.8, 4) is 0 Å². The molecule has 1 fully saturated rings. The number of benzene rings is 1. The Morgan fingerprint density at radius 2 is 1.89 bits per heavy atom. The molecule has 4 N–H and O–H groups in total. The van der Waals surface area contributed by atoms with Crippen LogP contribution >= 0.6 is 0 Å². The molecule has 1 aliphatic heterocycles. The van der Waals surface area contributed by atoms with Crippen LogP contribution in [0, 0.1) is 0 Å². The summed E-state index contributed by atoms with van der Waals surface area (Å²) in [4.78, 5) is 39.5. The van der Waals surface area contributed by atoms with E-state index in [1.807, 2.05) is 24.8 Å². The number of H-pyrrole nitrogens is 1. The van der Waals surface area contributed by atoms with Gasteiger partial charge in [-0.3, -0.25) is 4.90 Å². The molecule has 188 valence electrons. The fraction of sp³-hybridized carbons (Fsp3) is 0.423. The summed E-state index contributed by atoms with van der Waals surface area (Å²) in [6.45, 7) is 11.2. The highest BCUT2D eigenvalue weighted by atomic mass is 16.4. The Hall–Kier alpha value is -3.59. The van der Waals surface area contributed by atoms with Crippen molar-refractivity contribution in [2.45, 2.75) is 44.7 Å². The summed E-state index contributed by atoms with van der Waals surface area (Å²) in [5.74, 6) is -2.08. The van der Waals surface area contributed by atoms with Crippen molar-refractivity contribution < 1.29 is 24.6 Å². The van der Waals surface area contributed by atoms with Gasteiger partial charge in [-0.15, -0.1) is 6.58 Å². The van der Waals surface area contributed by atoms with Gasteiger partial charge in [-0.2, -0.15) is 0 Å². The molecule has 0 radical (unpaired) electrons. The van der Waals surface area contributed by atoms with Gasteiger partial charge in [0.25, 0.3) is 0 Å². The highest BCUT2D eigenvalue weighted by Gasteiger charge is 2.40. The molecule has 9 nitrogen and oxygen atoms in total. The second-order valence-electron chi connectivity index (χ2n) is 8.77. The van der Waals surface area contributed by atoms with Gasteiger partial charge >= 0.3 is 18.0 Å². The Bertz CT molecular complexity index is 1090. The van der Waals surface area contributed by atoms with Crippen LogP contribution in [0.2, 0.25) is 0 Å². The Balaban J connectivity index is 0.000000371. The molecular formula is C26H34N4O5. The molecule has 1 aliphatic carbocycles. The largest absolute Gasteiger partial charge is 0.478 e. The Morgan fingerprint density at radius 1 is 1.20 bits per heavy atom. The zero-order valence-corrected chi connectivity index (χ0v) is 20.2. The van der Waals surface area contributed by atoms with Crippen LogP contribution in [0.1, 0.15) is 37.3 Å². The summed E-state index contributed by atoms with van der Waals surface area (Å²) in [6, 6.07) is 7.27. The number of piperidine rings is 1. The zero-order valence-electron chi connectivity index (χ0n) is 20.2. The molecule has 0 spiro atoms. The first-order valence-electron chi connectivity index (χ1n) is 11.9. The van der Waals surface area contributed by atoms with E-state index in [0.29, 0.717) is 24.1 Å². The summed E-state index contributed by atoms with van der Waals surface area (Å²) in [7, 11) is 0. The van der Waals surface area contributed by atoms with E-state index < -0.39 is 11.9 Å². The molecule has 0 saturated carbocycles. The second kappa shape index (κ2) is 11.7. The maximum atomic E-state index is 12.6. The molecule has 0 bridgehead atoms. The molecule has 2 amide bonds. The van der Waals surface area contributed by atoms with Crippen molar-refractivity contribution >= 4 is 28.9 Å². The highest BCUT2D eigenvalue weighted by molar-refractivity contribution is 5.90. The van der Waals surface area contributed by atoms with E-state index in [-0.39, 0.29) is 12.1 Å². The van der Waals surface area contributed by atoms with Crippen LogP contribution in [0.15, 0.2) is 49.2 Å². The Morgan fingerprint density at radius 3 is 2.49 bits per heavy atom. The third-order valence-corrected chi connectivity index (χ3v) is 6.69. The predicted molar refractivity (Wildman–Crippen MR) is 135 cm³/mol. The van der Waals surface area contributed by atoms with Crippen LogP contribution in [0.3, 0.4) is 0 Å². The molecular weight excluding hydrogens is 448 g/mol.